The van der Waals surface area contributed by atoms with E-state index in [-0.39, 0.29) is 11.8 Å². The first kappa shape index (κ1) is 25.7. The number of halogens is 4. The SMILES string of the molecule is N#Cc1cc(Br)c2oc(-c3ccc(C(=O)NCC4CCN(c5ccc(C(F)(F)F)cn5)CC4)cc3)nc2c1. The van der Waals surface area contributed by atoms with Crippen molar-refractivity contribution < 1.29 is 22.4 Å². The second-order valence-corrected chi connectivity index (χ2v) is 9.91. The fourth-order valence-electron chi connectivity index (χ4n) is 4.39. The van der Waals surface area contributed by atoms with Gasteiger partial charge in [0.1, 0.15) is 11.3 Å². The first-order chi connectivity index (χ1) is 18.2. The molecule has 0 atom stereocenters. The second-order valence-electron chi connectivity index (χ2n) is 9.06. The largest absolute Gasteiger partial charge is 0.435 e. The van der Waals surface area contributed by atoms with E-state index in [1.54, 1.807) is 36.4 Å². The number of alkyl halides is 3. The van der Waals surface area contributed by atoms with Gasteiger partial charge in [-0.15, -0.1) is 0 Å². The van der Waals surface area contributed by atoms with E-state index < -0.39 is 11.7 Å². The summed E-state index contributed by atoms with van der Waals surface area (Å²) >= 11 is 3.40. The Bertz CT molecular complexity index is 1500. The van der Waals surface area contributed by atoms with E-state index in [9.17, 15) is 18.0 Å². The van der Waals surface area contributed by atoms with E-state index in [0.29, 0.717) is 63.6 Å². The third-order valence-corrected chi connectivity index (χ3v) is 7.12. The quantitative estimate of drug-likeness (QED) is 0.301. The van der Waals surface area contributed by atoms with E-state index in [4.69, 9.17) is 9.68 Å². The molecule has 0 radical (unpaired) electrons. The average Bonchev–Trinajstić information content (AvgIpc) is 3.36. The number of nitrogens with one attached hydrogen (secondary N) is 1. The van der Waals surface area contributed by atoms with Crippen molar-refractivity contribution in [3.8, 4) is 17.5 Å². The topological polar surface area (TPSA) is 95.0 Å². The summed E-state index contributed by atoms with van der Waals surface area (Å²) in [4.78, 5) is 23.1. The molecule has 3 heterocycles. The summed E-state index contributed by atoms with van der Waals surface area (Å²) in [5.74, 6) is 0.984. The van der Waals surface area contributed by atoms with Crippen molar-refractivity contribution in [1.29, 1.82) is 5.26 Å². The zero-order valence-corrected chi connectivity index (χ0v) is 21.5. The number of hydrogen-bond donors (Lipinski definition) is 1. The summed E-state index contributed by atoms with van der Waals surface area (Å²) in [5.41, 5.74) is 2.02. The fourth-order valence-corrected chi connectivity index (χ4v) is 4.92. The van der Waals surface area contributed by atoms with Crippen LogP contribution in [0.1, 0.15) is 34.3 Å². The molecule has 194 valence electrons. The number of carbonyl (C=O) groups excluding carboxylic acids is 1. The first-order valence-corrected chi connectivity index (χ1v) is 12.7. The number of nitrogens with zero attached hydrogens (tertiary/aromatic N) is 4. The van der Waals surface area contributed by atoms with E-state index >= 15 is 0 Å². The van der Waals surface area contributed by atoms with Gasteiger partial charge in [-0.25, -0.2) is 9.97 Å². The van der Waals surface area contributed by atoms with Crippen LogP contribution in [-0.4, -0.2) is 35.5 Å². The van der Waals surface area contributed by atoms with Gasteiger partial charge in [-0.1, -0.05) is 0 Å². The van der Waals surface area contributed by atoms with Crippen molar-refractivity contribution >= 4 is 38.8 Å². The van der Waals surface area contributed by atoms with Crippen LogP contribution in [0.15, 0.2) is 63.6 Å². The van der Waals surface area contributed by atoms with Gasteiger partial charge in [0.05, 0.1) is 21.7 Å². The molecule has 0 spiro atoms. The second kappa shape index (κ2) is 10.5. The van der Waals surface area contributed by atoms with E-state index in [1.165, 1.54) is 6.07 Å². The van der Waals surface area contributed by atoms with Gasteiger partial charge >= 0.3 is 6.18 Å². The number of carbonyl (C=O) groups is 1. The van der Waals surface area contributed by atoms with E-state index in [1.807, 2.05) is 4.90 Å². The van der Waals surface area contributed by atoms with Crippen LogP contribution in [0.2, 0.25) is 0 Å². The van der Waals surface area contributed by atoms with E-state index in [0.717, 1.165) is 25.1 Å². The highest BCUT2D eigenvalue weighted by atomic mass is 79.9. The van der Waals surface area contributed by atoms with Crippen LogP contribution in [0.25, 0.3) is 22.6 Å². The average molecular weight is 584 g/mol. The first-order valence-electron chi connectivity index (χ1n) is 11.9. The summed E-state index contributed by atoms with van der Waals surface area (Å²) in [6.07, 6.45) is -1.95. The van der Waals surface area contributed by atoms with Gasteiger partial charge in [0.2, 0.25) is 5.89 Å². The fraction of sp³-hybridized carbons (Fsp3) is 0.259. The number of anilines is 1. The van der Waals surface area contributed by atoms with Gasteiger partial charge in [0, 0.05) is 37.0 Å². The van der Waals surface area contributed by atoms with Gasteiger partial charge in [-0.2, -0.15) is 18.4 Å². The maximum atomic E-state index is 12.8. The van der Waals surface area contributed by atoms with Gasteiger partial charge < -0.3 is 14.6 Å². The van der Waals surface area contributed by atoms with Crippen LogP contribution < -0.4 is 10.2 Å². The lowest BCUT2D eigenvalue weighted by Crippen LogP contribution is -2.39. The number of aromatic nitrogens is 2. The van der Waals surface area contributed by atoms with Crippen molar-refractivity contribution in [3.05, 3.63) is 75.9 Å². The molecule has 2 aromatic carbocycles. The third kappa shape index (κ3) is 5.50. The van der Waals surface area contributed by atoms with Gasteiger partial charge in [-0.3, -0.25) is 4.79 Å². The molecule has 0 aliphatic carbocycles. The molecule has 4 aromatic rings. The Kier molecular flexibility index (Phi) is 7.08. The third-order valence-electron chi connectivity index (χ3n) is 6.53. The molecule has 1 aliphatic heterocycles. The minimum absolute atomic E-state index is 0.192. The van der Waals surface area contributed by atoms with Crippen LogP contribution >= 0.6 is 15.9 Å². The molecule has 0 bridgehead atoms. The molecule has 1 N–H and O–H groups in total. The number of benzene rings is 2. The molecule has 2 aromatic heterocycles. The molecular weight excluding hydrogens is 563 g/mol. The van der Waals surface area contributed by atoms with Crippen molar-refractivity contribution in [2.75, 3.05) is 24.5 Å². The Hall–Kier alpha value is -3.91. The van der Waals surface area contributed by atoms with Crippen molar-refractivity contribution in [2.24, 2.45) is 5.92 Å². The normalized spacial score (nSPS) is 14.4. The molecule has 1 amide bonds. The van der Waals surface area contributed by atoms with Crippen LogP contribution in [0, 0.1) is 17.2 Å². The molecule has 11 heteroatoms. The van der Waals surface area contributed by atoms with Crippen molar-refractivity contribution in [1.82, 2.24) is 15.3 Å². The predicted octanol–water partition coefficient (Wildman–Crippen LogP) is 6.19. The number of rotatable bonds is 5. The number of piperidine rings is 1. The maximum Gasteiger partial charge on any atom is 0.417 e. The van der Waals surface area contributed by atoms with Crippen LogP contribution in [0.4, 0.5) is 19.0 Å². The highest BCUT2D eigenvalue weighted by molar-refractivity contribution is 9.10. The highest BCUT2D eigenvalue weighted by Gasteiger charge is 2.31. The van der Waals surface area contributed by atoms with Gasteiger partial charge in [0.15, 0.2) is 5.58 Å². The Morgan fingerprint density at radius 2 is 1.89 bits per heavy atom. The number of oxazole rings is 1. The van der Waals surface area contributed by atoms with Crippen LogP contribution in [0.5, 0.6) is 0 Å². The summed E-state index contributed by atoms with van der Waals surface area (Å²) < 4.78 is 44.8. The molecule has 0 saturated carbocycles. The van der Waals surface area contributed by atoms with Crippen molar-refractivity contribution in [3.63, 3.8) is 0 Å². The summed E-state index contributed by atoms with van der Waals surface area (Å²) in [6.45, 7) is 1.82. The minimum Gasteiger partial charge on any atom is -0.435 e. The molecule has 7 nitrogen and oxygen atoms in total. The number of hydrogen-bond acceptors (Lipinski definition) is 6. The van der Waals surface area contributed by atoms with Crippen LogP contribution in [-0.2, 0) is 6.18 Å². The Balaban J connectivity index is 1.14. The minimum atomic E-state index is -4.40. The predicted molar refractivity (Wildman–Crippen MR) is 138 cm³/mol. The molecule has 1 saturated heterocycles. The molecule has 5 rings (SSSR count). The zero-order chi connectivity index (χ0) is 26.9. The summed E-state index contributed by atoms with van der Waals surface area (Å²) in [5, 5.41) is 12.1. The number of amides is 1. The molecule has 1 aliphatic rings. The lowest BCUT2D eigenvalue weighted by atomic mass is 9.96. The van der Waals surface area contributed by atoms with E-state index in [2.05, 4.69) is 37.3 Å². The number of nitriles is 1. The molecule has 0 unspecified atom stereocenters. The lowest BCUT2D eigenvalue weighted by molar-refractivity contribution is -0.137. The molecule has 38 heavy (non-hydrogen) atoms. The Morgan fingerprint density at radius 3 is 2.53 bits per heavy atom. The van der Waals surface area contributed by atoms with Crippen LogP contribution in [0.3, 0.4) is 0 Å². The summed E-state index contributed by atoms with van der Waals surface area (Å²) in [6, 6.07) is 14.8. The number of pyridine rings is 1. The smallest absolute Gasteiger partial charge is 0.417 e. The highest BCUT2D eigenvalue weighted by Crippen LogP contribution is 2.32. The Labute approximate surface area is 224 Å². The maximum absolute atomic E-state index is 12.8. The standard InChI is InChI=1S/C27H21BrF3N5O2/c28-21-11-17(13-32)12-22-24(21)38-26(35-22)19-3-1-18(2-4-19)25(37)34-14-16-7-9-36(10-8-16)23-6-5-20(15-33-23)27(29,30)31/h1-6,11-12,15-16H,7-10,14H2,(H,34,37). The lowest BCUT2D eigenvalue weighted by Gasteiger charge is -2.33. The molecular formula is C27H21BrF3N5O2. The zero-order valence-electron chi connectivity index (χ0n) is 19.9. The van der Waals surface area contributed by atoms with Gasteiger partial charge in [0.25, 0.3) is 5.91 Å². The summed E-state index contributed by atoms with van der Waals surface area (Å²) in [7, 11) is 0. The Morgan fingerprint density at radius 1 is 1.16 bits per heavy atom. The molecule has 1 fully saturated rings. The van der Waals surface area contributed by atoms with Crippen molar-refractivity contribution in [2.45, 2.75) is 19.0 Å². The number of fused-ring (bicyclic) bond motifs is 1. The van der Waals surface area contributed by atoms with Gasteiger partial charge in [-0.05, 0) is 83.2 Å². The monoisotopic (exact) mass is 583 g/mol.